The molecule has 0 aliphatic carbocycles. The highest BCUT2D eigenvalue weighted by Gasteiger charge is 2.22. The first-order chi connectivity index (χ1) is 6.47. The van der Waals surface area contributed by atoms with E-state index < -0.39 is 37.0 Å². The topological polar surface area (TPSA) is 110 Å². The number of carbonyl (C=O) groups is 3. The van der Waals surface area contributed by atoms with E-state index in [-0.39, 0.29) is 0 Å². The predicted molar refractivity (Wildman–Crippen MR) is 41.7 cm³/mol. The molecule has 2 N–H and O–H groups in total. The molecule has 80 valence electrons. The fourth-order valence-corrected chi connectivity index (χ4v) is 0.656. The number of carboxylic acids is 2. The molecule has 0 bridgehead atoms. The minimum Gasteiger partial charge on any atom is -0.481 e. The van der Waals surface area contributed by atoms with Gasteiger partial charge in [-0.3, -0.25) is 9.59 Å². The van der Waals surface area contributed by atoms with Gasteiger partial charge in [-0.1, -0.05) is 0 Å². The van der Waals surface area contributed by atoms with Gasteiger partial charge in [0.2, 0.25) is 0 Å². The second-order valence-corrected chi connectivity index (χ2v) is 2.40. The van der Waals surface area contributed by atoms with Crippen LogP contribution < -0.4 is 0 Å². The Morgan fingerprint density at radius 3 is 2.21 bits per heavy atom. The van der Waals surface area contributed by atoms with Gasteiger partial charge in [-0.15, -0.1) is 0 Å². The Bertz CT molecular complexity index is 234. The van der Waals surface area contributed by atoms with Crippen molar-refractivity contribution in [3.05, 3.63) is 0 Å². The van der Waals surface area contributed by atoms with Crippen molar-refractivity contribution in [1.82, 2.24) is 0 Å². The van der Waals surface area contributed by atoms with Gasteiger partial charge in [-0.25, -0.2) is 4.79 Å². The molecule has 14 heavy (non-hydrogen) atoms. The van der Waals surface area contributed by atoms with Crippen LogP contribution in [0.2, 0.25) is 0 Å². The van der Waals surface area contributed by atoms with Crippen LogP contribution in [0.25, 0.3) is 0 Å². The molecule has 0 saturated heterocycles. The van der Waals surface area contributed by atoms with Crippen LogP contribution in [0.15, 0.2) is 0 Å². The molecular formula is C7H10O7. The monoisotopic (exact) mass is 206 g/mol. The molecule has 0 aromatic heterocycles. The highest BCUT2D eigenvalue weighted by molar-refractivity contribution is 5.78. The number of aliphatic carboxylic acids is 2. The molecule has 0 rings (SSSR count). The fourth-order valence-electron chi connectivity index (χ4n) is 0.656. The molecular weight excluding hydrogens is 196 g/mol. The predicted octanol–water partition coefficient (Wildman–Crippen LogP) is -0.0551. The van der Waals surface area contributed by atoms with Crippen molar-refractivity contribution in [3.8, 4) is 0 Å². The van der Waals surface area contributed by atoms with Gasteiger partial charge >= 0.3 is 18.1 Å². The Kier molecular flexibility index (Phi) is 5.05. The van der Waals surface area contributed by atoms with Crippen LogP contribution in [0.3, 0.4) is 0 Å². The molecule has 0 spiro atoms. The van der Waals surface area contributed by atoms with E-state index in [1.807, 2.05) is 0 Å². The van der Waals surface area contributed by atoms with Crippen LogP contribution in [0, 0.1) is 5.92 Å². The average Bonchev–Trinajstić information content (AvgIpc) is 2.10. The highest BCUT2D eigenvalue weighted by Crippen LogP contribution is 2.04. The number of rotatable bonds is 5. The Morgan fingerprint density at radius 2 is 1.86 bits per heavy atom. The lowest BCUT2D eigenvalue weighted by Crippen LogP contribution is -2.24. The van der Waals surface area contributed by atoms with Crippen LogP contribution in [0.1, 0.15) is 6.42 Å². The van der Waals surface area contributed by atoms with Gasteiger partial charge in [0.05, 0.1) is 13.5 Å². The van der Waals surface area contributed by atoms with E-state index in [9.17, 15) is 14.4 Å². The minimum absolute atomic E-state index is 0.520. The molecule has 0 saturated carbocycles. The number of hydrogen-bond acceptors (Lipinski definition) is 5. The second kappa shape index (κ2) is 5.79. The SMILES string of the molecule is COC(=O)OCC(CC(=O)O)C(=O)O. The van der Waals surface area contributed by atoms with Gasteiger partial charge in [-0.05, 0) is 0 Å². The molecule has 0 aliphatic heterocycles. The number of hydrogen-bond donors (Lipinski definition) is 2. The fraction of sp³-hybridized carbons (Fsp3) is 0.571. The minimum atomic E-state index is -1.34. The summed E-state index contributed by atoms with van der Waals surface area (Å²) in [5.74, 6) is -3.87. The number of ether oxygens (including phenoxy) is 2. The third kappa shape index (κ3) is 4.96. The summed E-state index contributed by atoms with van der Waals surface area (Å²) in [6, 6.07) is 0. The maximum atomic E-state index is 10.4. The maximum absolute atomic E-state index is 10.4. The summed E-state index contributed by atoms with van der Waals surface area (Å²) < 4.78 is 8.39. The molecule has 7 nitrogen and oxygen atoms in total. The molecule has 0 aromatic rings. The second-order valence-electron chi connectivity index (χ2n) is 2.40. The summed E-state index contributed by atoms with van der Waals surface area (Å²) in [6.07, 6.45) is -1.64. The van der Waals surface area contributed by atoms with E-state index in [0.29, 0.717) is 0 Å². The summed E-state index contributed by atoms with van der Waals surface area (Å²) in [5.41, 5.74) is 0. The first-order valence-corrected chi connectivity index (χ1v) is 3.62. The highest BCUT2D eigenvalue weighted by atomic mass is 16.7. The Labute approximate surface area is 79.2 Å². The molecule has 0 heterocycles. The summed E-state index contributed by atoms with van der Waals surface area (Å²) >= 11 is 0. The molecule has 1 unspecified atom stereocenters. The maximum Gasteiger partial charge on any atom is 0.508 e. The van der Waals surface area contributed by atoms with Crippen molar-refractivity contribution in [2.45, 2.75) is 6.42 Å². The zero-order chi connectivity index (χ0) is 11.1. The Hall–Kier alpha value is -1.79. The van der Waals surface area contributed by atoms with Crippen LogP contribution in [0.5, 0.6) is 0 Å². The van der Waals surface area contributed by atoms with Crippen molar-refractivity contribution in [2.75, 3.05) is 13.7 Å². The quantitative estimate of drug-likeness (QED) is 0.606. The van der Waals surface area contributed by atoms with Gasteiger partial charge < -0.3 is 19.7 Å². The van der Waals surface area contributed by atoms with Crippen LogP contribution in [-0.4, -0.2) is 42.0 Å². The Balaban J connectivity index is 4.04. The zero-order valence-corrected chi connectivity index (χ0v) is 7.43. The van der Waals surface area contributed by atoms with Crippen LogP contribution in [0.4, 0.5) is 4.79 Å². The number of carboxylic acid groups (broad SMARTS) is 2. The summed E-state index contributed by atoms with van der Waals surface area (Å²) in [6.45, 7) is -0.520. The number of methoxy groups -OCH3 is 1. The first kappa shape index (κ1) is 12.2. The average molecular weight is 206 g/mol. The first-order valence-electron chi connectivity index (χ1n) is 3.62. The molecule has 0 radical (unpaired) electrons. The van der Waals surface area contributed by atoms with E-state index in [2.05, 4.69) is 9.47 Å². The van der Waals surface area contributed by atoms with Crippen molar-refractivity contribution < 1.29 is 34.1 Å². The normalized spacial score (nSPS) is 11.5. The summed E-state index contributed by atoms with van der Waals surface area (Å²) in [5, 5.41) is 16.8. The third-order valence-electron chi connectivity index (χ3n) is 1.34. The van der Waals surface area contributed by atoms with E-state index in [1.165, 1.54) is 0 Å². The van der Waals surface area contributed by atoms with Crippen molar-refractivity contribution in [1.29, 1.82) is 0 Å². The molecule has 0 fully saturated rings. The van der Waals surface area contributed by atoms with E-state index in [1.54, 1.807) is 0 Å². The van der Waals surface area contributed by atoms with Gasteiger partial charge in [0.15, 0.2) is 0 Å². The van der Waals surface area contributed by atoms with E-state index in [4.69, 9.17) is 10.2 Å². The van der Waals surface area contributed by atoms with Gasteiger partial charge in [0.25, 0.3) is 0 Å². The van der Waals surface area contributed by atoms with Gasteiger partial charge in [0.1, 0.15) is 12.5 Å². The van der Waals surface area contributed by atoms with E-state index in [0.717, 1.165) is 7.11 Å². The van der Waals surface area contributed by atoms with Gasteiger partial charge in [0, 0.05) is 0 Å². The third-order valence-corrected chi connectivity index (χ3v) is 1.34. The Morgan fingerprint density at radius 1 is 1.29 bits per heavy atom. The lowest BCUT2D eigenvalue weighted by molar-refractivity contribution is -0.149. The molecule has 0 amide bonds. The zero-order valence-electron chi connectivity index (χ0n) is 7.43. The molecule has 1 atom stereocenters. The smallest absolute Gasteiger partial charge is 0.481 e. The lowest BCUT2D eigenvalue weighted by atomic mass is 10.1. The van der Waals surface area contributed by atoms with E-state index >= 15 is 0 Å². The van der Waals surface area contributed by atoms with Crippen LogP contribution in [-0.2, 0) is 19.1 Å². The molecule has 0 aliphatic rings. The van der Waals surface area contributed by atoms with Crippen molar-refractivity contribution in [3.63, 3.8) is 0 Å². The lowest BCUT2D eigenvalue weighted by Gasteiger charge is -2.09. The molecule has 0 aromatic carbocycles. The van der Waals surface area contributed by atoms with Crippen molar-refractivity contribution in [2.24, 2.45) is 5.92 Å². The van der Waals surface area contributed by atoms with Gasteiger partial charge in [-0.2, -0.15) is 0 Å². The number of carbonyl (C=O) groups excluding carboxylic acids is 1. The standard InChI is InChI=1S/C7H10O7/c1-13-7(12)14-3-4(6(10)11)2-5(8)9/h4H,2-3H2,1H3,(H,8,9)(H,10,11). The summed E-state index contributed by atoms with van der Waals surface area (Å²) in [7, 11) is 1.06. The largest absolute Gasteiger partial charge is 0.508 e. The molecule has 7 heteroatoms. The van der Waals surface area contributed by atoms with Crippen LogP contribution >= 0.6 is 0 Å². The van der Waals surface area contributed by atoms with Crippen molar-refractivity contribution >= 4 is 18.1 Å². The summed E-state index contributed by atoms with van der Waals surface area (Å²) in [4.78, 5) is 31.1.